The molecule has 0 radical (unpaired) electrons. The first-order valence-electron chi connectivity index (χ1n) is 20.0. The fraction of sp³-hybridized carbons (Fsp3) is 0. The average Bonchev–Trinajstić information content (AvgIpc) is 3.65. The Hall–Kier alpha value is -7.95. The standard InChI is InChI=1S/C55H34N4/c1-3-16-36(17-4-1)53-56-54(37-18-5-2-6-19-37)58-55(57-53)49-34-41(33-48-44-23-10-9-21-42(44)43-22-11-12-25-47(43)52(48)49)59-50-26-14-13-24-45(50)46-30-29-40(32-51(46)59)39-28-27-35-15-7-8-20-38(35)31-39/h1-34H. The van der Waals surface area contributed by atoms with Crippen molar-refractivity contribution in [2.24, 2.45) is 0 Å². The Morgan fingerprint density at radius 1 is 0.288 bits per heavy atom. The zero-order chi connectivity index (χ0) is 38.9. The number of aromatic nitrogens is 4. The van der Waals surface area contributed by atoms with E-state index < -0.39 is 0 Å². The van der Waals surface area contributed by atoms with Gasteiger partial charge in [0.05, 0.1) is 11.0 Å². The van der Waals surface area contributed by atoms with E-state index >= 15 is 0 Å². The molecule has 4 heteroatoms. The largest absolute Gasteiger partial charge is 0.309 e. The molecular formula is C55H34N4. The van der Waals surface area contributed by atoms with Crippen LogP contribution in [0.4, 0.5) is 0 Å². The molecular weight excluding hydrogens is 717 g/mol. The van der Waals surface area contributed by atoms with Gasteiger partial charge in [0.2, 0.25) is 0 Å². The van der Waals surface area contributed by atoms with Gasteiger partial charge < -0.3 is 4.57 Å². The number of nitrogens with zero attached hydrogens (tertiary/aromatic N) is 4. The molecule has 0 amide bonds. The maximum atomic E-state index is 5.33. The summed E-state index contributed by atoms with van der Waals surface area (Å²) in [6, 6.07) is 73.6. The molecule has 274 valence electrons. The van der Waals surface area contributed by atoms with Gasteiger partial charge in [-0.25, -0.2) is 15.0 Å². The number of para-hydroxylation sites is 1. The van der Waals surface area contributed by atoms with E-state index in [0.29, 0.717) is 17.5 Å². The predicted octanol–water partition coefficient (Wildman–Crippen LogP) is 14.2. The lowest BCUT2D eigenvalue weighted by atomic mass is 9.91. The van der Waals surface area contributed by atoms with Crippen molar-refractivity contribution >= 4 is 64.9 Å². The highest BCUT2D eigenvalue weighted by atomic mass is 15.0. The summed E-state index contributed by atoms with van der Waals surface area (Å²) in [7, 11) is 0. The average molecular weight is 751 g/mol. The molecule has 12 rings (SSSR count). The van der Waals surface area contributed by atoms with E-state index in [0.717, 1.165) is 49.6 Å². The van der Waals surface area contributed by atoms with Gasteiger partial charge in [-0.3, -0.25) is 0 Å². The molecule has 0 spiro atoms. The van der Waals surface area contributed by atoms with Crippen molar-refractivity contribution in [2.45, 2.75) is 0 Å². The first-order valence-corrected chi connectivity index (χ1v) is 20.0. The zero-order valence-electron chi connectivity index (χ0n) is 31.9. The minimum Gasteiger partial charge on any atom is -0.309 e. The second-order valence-corrected chi connectivity index (χ2v) is 15.2. The first-order chi connectivity index (χ1) is 29.2. The van der Waals surface area contributed by atoms with Crippen LogP contribution in [0.15, 0.2) is 206 Å². The van der Waals surface area contributed by atoms with Gasteiger partial charge in [-0.05, 0) is 79.2 Å². The van der Waals surface area contributed by atoms with Gasteiger partial charge in [0.15, 0.2) is 17.5 Å². The summed E-state index contributed by atoms with van der Waals surface area (Å²) in [6.45, 7) is 0. The summed E-state index contributed by atoms with van der Waals surface area (Å²) in [4.78, 5) is 15.7. The highest BCUT2D eigenvalue weighted by molar-refractivity contribution is 6.28. The van der Waals surface area contributed by atoms with E-state index in [1.807, 2.05) is 36.4 Å². The molecule has 0 saturated heterocycles. The molecule has 0 fully saturated rings. The summed E-state index contributed by atoms with van der Waals surface area (Å²) in [5.74, 6) is 1.90. The Morgan fingerprint density at radius 3 is 1.51 bits per heavy atom. The van der Waals surface area contributed by atoms with E-state index in [1.54, 1.807) is 0 Å². The maximum absolute atomic E-state index is 5.33. The van der Waals surface area contributed by atoms with E-state index in [2.05, 4.69) is 174 Å². The van der Waals surface area contributed by atoms with Crippen molar-refractivity contribution < 1.29 is 0 Å². The number of rotatable bonds is 5. The Kier molecular flexibility index (Phi) is 7.50. The van der Waals surface area contributed by atoms with Crippen LogP contribution < -0.4 is 0 Å². The maximum Gasteiger partial charge on any atom is 0.164 e. The lowest BCUT2D eigenvalue weighted by Crippen LogP contribution is -2.02. The second kappa shape index (κ2) is 13.3. The van der Waals surface area contributed by atoms with Gasteiger partial charge in [-0.1, -0.05) is 176 Å². The van der Waals surface area contributed by atoms with Gasteiger partial charge >= 0.3 is 0 Å². The molecule has 12 aromatic rings. The van der Waals surface area contributed by atoms with Crippen LogP contribution in [0.5, 0.6) is 0 Å². The minimum absolute atomic E-state index is 0.627. The lowest BCUT2D eigenvalue weighted by Gasteiger charge is -2.18. The predicted molar refractivity (Wildman–Crippen MR) is 246 cm³/mol. The van der Waals surface area contributed by atoms with Crippen LogP contribution in [-0.2, 0) is 0 Å². The zero-order valence-corrected chi connectivity index (χ0v) is 31.9. The van der Waals surface area contributed by atoms with Crippen LogP contribution in [0, 0.1) is 0 Å². The molecule has 0 aliphatic rings. The molecule has 10 aromatic carbocycles. The molecule has 0 saturated carbocycles. The third kappa shape index (κ3) is 5.42. The summed E-state index contributed by atoms with van der Waals surface area (Å²) >= 11 is 0. The van der Waals surface area contributed by atoms with Gasteiger partial charge in [0.1, 0.15) is 0 Å². The van der Waals surface area contributed by atoms with Crippen LogP contribution in [0.25, 0.3) is 116 Å². The van der Waals surface area contributed by atoms with Gasteiger partial charge in [0.25, 0.3) is 0 Å². The normalized spacial score (nSPS) is 11.7. The Morgan fingerprint density at radius 2 is 0.797 bits per heavy atom. The molecule has 0 aliphatic heterocycles. The highest BCUT2D eigenvalue weighted by Gasteiger charge is 2.21. The third-order valence-electron chi connectivity index (χ3n) is 11.8. The molecule has 59 heavy (non-hydrogen) atoms. The van der Waals surface area contributed by atoms with Crippen molar-refractivity contribution in [3.05, 3.63) is 206 Å². The Labute approximate surface area is 340 Å². The summed E-state index contributed by atoms with van der Waals surface area (Å²) < 4.78 is 2.43. The van der Waals surface area contributed by atoms with Crippen LogP contribution in [-0.4, -0.2) is 19.5 Å². The van der Waals surface area contributed by atoms with Crippen LogP contribution in [0.1, 0.15) is 0 Å². The number of benzene rings is 10. The van der Waals surface area contributed by atoms with Gasteiger partial charge in [-0.2, -0.15) is 0 Å². The molecule has 0 N–H and O–H groups in total. The van der Waals surface area contributed by atoms with E-state index in [-0.39, 0.29) is 0 Å². The van der Waals surface area contributed by atoms with E-state index in [9.17, 15) is 0 Å². The van der Waals surface area contributed by atoms with E-state index in [4.69, 9.17) is 15.0 Å². The fourth-order valence-electron chi connectivity index (χ4n) is 9.05. The number of hydrogen-bond donors (Lipinski definition) is 0. The second-order valence-electron chi connectivity index (χ2n) is 15.2. The summed E-state index contributed by atoms with van der Waals surface area (Å²) in [5.41, 5.74) is 8.50. The summed E-state index contributed by atoms with van der Waals surface area (Å²) in [5, 5.41) is 11.9. The number of hydrogen-bond acceptors (Lipinski definition) is 3. The van der Waals surface area contributed by atoms with Crippen LogP contribution >= 0.6 is 0 Å². The smallest absolute Gasteiger partial charge is 0.164 e. The highest BCUT2D eigenvalue weighted by Crippen LogP contribution is 2.43. The molecule has 2 aromatic heterocycles. The summed E-state index contributed by atoms with van der Waals surface area (Å²) in [6.07, 6.45) is 0. The quantitative estimate of drug-likeness (QED) is 0.165. The molecule has 0 atom stereocenters. The van der Waals surface area contributed by atoms with E-state index in [1.165, 1.54) is 48.8 Å². The molecule has 0 unspecified atom stereocenters. The Bertz CT molecular complexity index is 3550. The van der Waals surface area contributed by atoms with Crippen molar-refractivity contribution in [3.8, 4) is 51.0 Å². The Balaban J connectivity index is 1.21. The van der Waals surface area contributed by atoms with Crippen molar-refractivity contribution in [1.29, 1.82) is 0 Å². The van der Waals surface area contributed by atoms with Crippen LogP contribution in [0.3, 0.4) is 0 Å². The molecule has 4 nitrogen and oxygen atoms in total. The lowest BCUT2D eigenvalue weighted by molar-refractivity contribution is 1.07. The number of fused-ring (bicyclic) bond motifs is 10. The molecule has 2 heterocycles. The topological polar surface area (TPSA) is 43.6 Å². The van der Waals surface area contributed by atoms with Crippen molar-refractivity contribution in [1.82, 2.24) is 19.5 Å². The van der Waals surface area contributed by atoms with Gasteiger partial charge in [-0.15, -0.1) is 0 Å². The van der Waals surface area contributed by atoms with Gasteiger partial charge in [0, 0.05) is 38.5 Å². The monoisotopic (exact) mass is 750 g/mol. The molecule has 0 aliphatic carbocycles. The minimum atomic E-state index is 0.627. The van der Waals surface area contributed by atoms with Crippen molar-refractivity contribution in [2.75, 3.05) is 0 Å². The fourth-order valence-corrected chi connectivity index (χ4v) is 9.05. The van der Waals surface area contributed by atoms with Crippen molar-refractivity contribution in [3.63, 3.8) is 0 Å². The van der Waals surface area contributed by atoms with Crippen LogP contribution in [0.2, 0.25) is 0 Å². The third-order valence-corrected chi connectivity index (χ3v) is 11.8. The SMILES string of the molecule is c1ccc(-c2nc(-c3ccccc3)nc(-c3cc(-n4c5ccccc5c5ccc(-c6ccc7ccccc7c6)cc54)cc4c5ccccc5c5ccccc5c34)n2)cc1. The molecule has 0 bridgehead atoms. The first kappa shape index (κ1) is 33.2.